The van der Waals surface area contributed by atoms with Crippen LogP contribution in [0.15, 0.2) is 108 Å². The molecule has 0 saturated heterocycles. The summed E-state index contributed by atoms with van der Waals surface area (Å²) in [5.74, 6) is 0.0690. The van der Waals surface area contributed by atoms with Crippen molar-refractivity contribution in [2.24, 2.45) is 4.99 Å². The molecule has 4 aromatic rings. The summed E-state index contributed by atoms with van der Waals surface area (Å²) >= 11 is 12.9. The van der Waals surface area contributed by atoms with Gasteiger partial charge in [-0.2, -0.15) is 13.2 Å². The van der Waals surface area contributed by atoms with Crippen molar-refractivity contribution in [3.63, 3.8) is 0 Å². The normalized spacial score (nSPS) is 17.6. The molecule has 0 fully saturated rings. The van der Waals surface area contributed by atoms with E-state index in [1.165, 1.54) is 24.3 Å². The fourth-order valence-electron chi connectivity index (χ4n) is 5.22. The van der Waals surface area contributed by atoms with Crippen LogP contribution in [0.3, 0.4) is 0 Å². The van der Waals surface area contributed by atoms with E-state index < -0.39 is 29.3 Å². The van der Waals surface area contributed by atoms with Gasteiger partial charge in [-0.1, -0.05) is 90.0 Å². The molecule has 5 rings (SSSR count). The summed E-state index contributed by atoms with van der Waals surface area (Å²) in [6.45, 7) is 0.0325. The number of alkyl halides is 3. The highest BCUT2D eigenvalue weighted by Crippen LogP contribution is 2.45. The van der Waals surface area contributed by atoms with E-state index in [2.05, 4.69) is 10.9 Å². The van der Waals surface area contributed by atoms with Crippen LogP contribution in [0.4, 0.5) is 13.2 Å². The minimum atomic E-state index is -4.57. The first kappa shape index (κ1) is 35.0. The lowest BCUT2D eigenvalue weighted by Gasteiger charge is -2.30. The number of carbonyl (C=O) groups excluding carboxylic acids is 1. The molecule has 4 aromatic carbocycles. The minimum Gasteiger partial charge on any atom is -0.494 e. The third-order valence-corrected chi connectivity index (χ3v) is 8.18. The highest BCUT2D eigenvalue weighted by Gasteiger charge is 2.53. The number of carbonyl (C=O) groups is 1. The van der Waals surface area contributed by atoms with Crippen LogP contribution in [0.5, 0.6) is 5.75 Å². The molecule has 0 aromatic heterocycles. The van der Waals surface area contributed by atoms with E-state index in [9.17, 15) is 18.0 Å². The van der Waals surface area contributed by atoms with Gasteiger partial charge in [-0.3, -0.25) is 10.2 Å². The van der Waals surface area contributed by atoms with Crippen molar-refractivity contribution in [3.05, 3.63) is 141 Å². The zero-order valence-corrected chi connectivity index (χ0v) is 27.0. The van der Waals surface area contributed by atoms with Gasteiger partial charge in [0.05, 0.1) is 12.2 Å². The monoisotopic (exact) mass is 697 g/mol. The first-order chi connectivity index (χ1) is 23.1. The standard InChI is InChI=1S/C36H32Cl2F3N3O4/c37-27-15-18-29(31(38)22-27)32-35(19-6-10-24-8-2-1-3-9-24,34(46)44-42-23-26-11-4-5-12-30(26)36(39,40)41)43-33(48-32)25-13-16-28(17-14-25)47-21-7-20-45/h1-6,8-18,22,32,42,45H,7,19-21,23H2,(H,44,46)/b10-6+/t32-,35-/m0/s1. The molecule has 0 radical (unpaired) electrons. The molecule has 48 heavy (non-hydrogen) atoms. The van der Waals surface area contributed by atoms with Crippen molar-refractivity contribution in [1.82, 2.24) is 10.9 Å². The summed E-state index contributed by atoms with van der Waals surface area (Å²) in [4.78, 5) is 19.2. The van der Waals surface area contributed by atoms with Gasteiger partial charge in [-0.25, -0.2) is 10.4 Å². The van der Waals surface area contributed by atoms with Crippen LogP contribution in [0, 0.1) is 0 Å². The van der Waals surface area contributed by atoms with E-state index in [0.717, 1.165) is 11.6 Å². The van der Waals surface area contributed by atoms with Crippen molar-refractivity contribution in [2.75, 3.05) is 13.2 Å². The summed E-state index contributed by atoms with van der Waals surface area (Å²) in [6.07, 6.45) is -1.48. The van der Waals surface area contributed by atoms with Gasteiger partial charge >= 0.3 is 6.18 Å². The first-order valence-corrected chi connectivity index (χ1v) is 15.8. The molecule has 12 heteroatoms. The topological polar surface area (TPSA) is 92.2 Å². The summed E-state index contributed by atoms with van der Waals surface area (Å²) in [7, 11) is 0. The maximum atomic E-state index is 14.3. The van der Waals surface area contributed by atoms with E-state index in [1.54, 1.807) is 42.5 Å². The Morgan fingerprint density at radius 3 is 2.44 bits per heavy atom. The number of nitrogens with zero attached hydrogens (tertiary/aromatic N) is 1. The van der Waals surface area contributed by atoms with Crippen LogP contribution < -0.4 is 15.6 Å². The maximum Gasteiger partial charge on any atom is 0.416 e. The molecule has 0 bridgehead atoms. The Morgan fingerprint density at radius 1 is 1.00 bits per heavy atom. The van der Waals surface area contributed by atoms with Gasteiger partial charge in [0, 0.05) is 47.2 Å². The van der Waals surface area contributed by atoms with E-state index in [1.807, 2.05) is 36.4 Å². The second-order valence-corrected chi connectivity index (χ2v) is 11.8. The molecule has 1 aliphatic heterocycles. The number of hydrogen-bond acceptors (Lipinski definition) is 6. The summed E-state index contributed by atoms with van der Waals surface area (Å²) in [5.41, 5.74) is 4.61. The Kier molecular flexibility index (Phi) is 11.4. The second kappa shape index (κ2) is 15.7. The zero-order chi connectivity index (χ0) is 34.1. The summed E-state index contributed by atoms with van der Waals surface area (Å²) in [6, 6.07) is 26.3. The Bertz CT molecular complexity index is 1770. The third kappa shape index (κ3) is 8.38. The summed E-state index contributed by atoms with van der Waals surface area (Å²) in [5, 5.41) is 9.67. The Hall–Kier alpha value is -4.35. The lowest BCUT2D eigenvalue weighted by molar-refractivity contribution is -0.138. The molecule has 3 N–H and O–H groups in total. The highest BCUT2D eigenvalue weighted by molar-refractivity contribution is 6.35. The number of hydrazine groups is 1. The number of ether oxygens (including phenoxy) is 2. The smallest absolute Gasteiger partial charge is 0.416 e. The number of amides is 1. The molecule has 7 nitrogen and oxygen atoms in total. The molecule has 0 spiro atoms. The van der Waals surface area contributed by atoms with Crippen LogP contribution in [-0.2, 0) is 22.3 Å². The number of halogens is 5. The van der Waals surface area contributed by atoms with E-state index in [-0.39, 0.29) is 36.1 Å². The number of nitrogens with one attached hydrogen (secondary N) is 2. The second-order valence-electron chi connectivity index (χ2n) is 10.9. The van der Waals surface area contributed by atoms with Crippen molar-refractivity contribution >= 4 is 41.1 Å². The Labute approximate surface area is 286 Å². The first-order valence-electron chi connectivity index (χ1n) is 15.1. The Morgan fingerprint density at radius 2 is 1.73 bits per heavy atom. The Balaban J connectivity index is 1.52. The van der Waals surface area contributed by atoms with E-state index >= 15 is 0 Å². The minimum absolute atomic E-state index is 0.00391. The highest BCUT2D eigenvalue weighted by atomic mass is 35.5. The number of hydrogen-bond donors (Lipinski definition) is 3. The van der Waals surface area contributed by atoms with Crippen LogP contribution in [0.25, 0.3) is 6.08 Å². The quantitative estimate of drug-likeness (QED) is 0.0974. The van der Waals surface area contributed by atoms with Gasteiger partial charge in [-0.15, -0.1) is 0 Å². The van der Waals surface area contributed by atoms with Gasteiger partial charge in [0.2, 0.25) is 5.90 Å². The molecule has 2 atom stereocenters. The molecule has 1 amide bonds. The van der Waals surface area contributed by atoms with Gasteiger partial charge in [0.1, 0.15) is 5.75 Å². The van der Waals surface area contributed by atoms with Crippen molar-refractivity contribution in [2.45, 2.75) is 37.2 Å². The predicted molar refractivity (Wildman–Crippen MR) is 180 cm³/mol. The van der Waals surface area contributed by atoms with Gasteiger partial charge in [0.25, 0.3) is 5.91 Å². The molecule has 1 aliphatic rings. The largest absolute Gasteiger partial charge is 0.494 e. The molecule has 250 valence electrons. The van der Waals surface area contributed by atoms with Gasteiger partial charge < -0.3 is 14.6 Å². The zero-order valence-electron chi connectivity index (χ0n) is 25.5. The lowest BCUT2D eigenvalue weighted by Crippen LogP contribution is -2.52. The summed E-state index contributed by atoms with van der Waals surface area (Å²) < 4.78 is 53.0. The average Bonchev–Trinajstić information content (AvgIpc) is 3.46. The van der Waals surface area contributed by atoms with Crippen molar-refractivity contribution in [1.29, 1.82) is 0 Å². The molecule has 1 heterocycles. The van der Waals surface area contributed by atoms with Gasteiger partial charge in [-0.05, 0) is 53.6 Å². The SMILES string of the molecule is O=C(NNCc1ccccc1C(F)(F)F)[C@@]1(C/C=C/c2ccccc2)N=C(c2ccc(OCCCO)cc2)O[C@H]1c1ccc(Cl)cc1Cl. The molecular formula is C36H32Cl2F3N3O4. The van der Waals surface area contributed by atoms with Crippen molar-refractivity contribution in [3.8, 4) is 5.75 Å². The number of benzene rings is 4. The predicted octanol–water partition coefficient (Wildman–Crippen LogP) is 7.95. The van der Waals surface area contributed by atoms with Gasteiger partial charge in [0.15, 0.2) is 11.6 Å². The number of aliphatic imine (C=N–C) groups is 1. The molecule has 0 unspecified atom stereocenters. The van der Waals surface area contributed by atoms with Crippen molar-refractivity contribution < 1.29 is 32.5 Å². The van der Waals surface area contributed by atoms with Crippen LogP contribution in [-0.4, -0.2) is 35.7 Å². The van der Waals surface area contributed by atoms with E-state index in [4.69, 9.17) is 42.8 Å². The average molecular weight is 699 g/mol. The number of rotatable bonds is 13. The third-order valence-electron chi connectivity index (χ3n) is 7.62. The number of aliphatic hydroxyl groups excluding tert-OH is 1. The number of aliphatic hydroxyl groups is 1. The molecule has 0 aliphatic carbocycles. The maximum absolute atomic E-state index is 14.3. The fraction of sp³-hybridized carbons (Fsp3) is 0.222. The lowest BCUT2D eigenvalue weighted by atomic mass is 9.84. The van der Waals surface area contributed by atoms with Crippen LogP contribution in [0.2, 0.25) is 10.0 Å². The molecular weight excluding hydrogens is 666 g/mol. The van der Waals surface area contributed by atoms with Crippen LogP contribution in [0.1, 0.15) is 46.8 Å². The molecule has 0 saturated carbocycles. The van der Waals surface area contributed by atoms with Crippen LogP contribution >= 0.6 is 23.2 Å². The fourth-order valence-corrected chi connectivity index (χ4v) is 5.73. The van der Waals surface area contributed by atoms with E-state index in [0.29, 0.717) is 34.9 Å².